The summed E-state index contributed by atoms with van der Waals surface area (Å²) in [5.41, 5.74) is -3.35. The van der Waals surface area contributed by atoms with E-state index in [1.54, 1.807) is 25.3 Å². The van der Waals surface area contributed by atoms with Gasteiger partial charge in [-0.05, 0) is 67.6 Å². The van der Waals surface area contributed by atoms with Gasteiger partial charge in [-0.15, -0.1) is 0 Å². The van der Waals surface area contributed by atoms with E-state index in [2.05, 4.69) is 10.3 Å². The molecule has 0 bridgehead atoms. The first-order chi connectivity index (χ1) is 13.7. The van der Waals surface area contributed by atoms with Gasteiger partial charge in [-0.1, -0.05) is 0 Å². The van der Waals surface area contributed by atoms with Crippen LogP contribution in [0.15, 0.2) is 47.5 Å². The Morgan fingerprint density at radius 3 is 2.48 bits per heavy atom. The molecule has 3 rings (SSSR count). The molecule has 29 heavy (non-hydrogen) atoms. The van der Waals surface area contributed by atoms with Crippen LogP contribution in [0.1, 0.15) is 19.4 Å². The van der Waals surface area contributed by atoms with Crippen molar-refractivity contribution >= 4 is 35.2 Å². The maximum atomic E-state index is 12.9. The van der Waals surface area contributed by atoms with Crippen LogP contribution in [0, 0.1) is 0 Å². The minimum atomic E-state index is -4.40. The molecule has 0 aliphatic carbocycles. The number of hydrogen-bond acceptors (Lipinski definition) is 5. The van der Waals surface area contributed by atoms with Gasteiger partial charge < -0.3 is 10.2 Å². The van der Waals surface area contributed by atoms with Gasteiger partial charge in [0.25, 0.3) is 5.91 Å². The highest BCUT2D eigenvalue weighted by molar-refractivity contribution is 8.00. The average Bonchev–Trinajstić information content (AvgIpc) is 2.85. The van der Waals surface area contributed by atoms with Gasteiger partial charge in [0.15, 0.2) is 0 Å². The Bertz CT molecular complexity index is 905. The van der Waals surface area contributed by atoms with Crippen LogP contribution in [0.3, 0.4) is 0 Å². The summed E-state index contributed by atoms with van der Waals surface area (Å²) in [7, 11) is 0. The van der Waals surface area contributed by atoms with Crippen LogP contribution < -0.4 is 10.2 Å². The number of carbonyl (C=O) groups excluding carboxylic acids is 2. The molecule has 1 unspecified atom stereocenters. The highest BCUT2D eigenvalue weighted by Gasteiger charge is 2.43. The largest absolute Gasteiger partial charge is 0.446 e. The minimum absolute atomic E-state index is 0.0158. The molecular weight excluding hydrogens is 405 g/mol. The fraction of sp³-hybridized carbons (Fsp3) is 0.316. The predicted molar refractivity (Wildman–Crippen MR) is 105 cm³/mol. The molecule has 3 amide bonds. The number of thioether (sulfide) groups is 1. The van der Waals surface area contributed by atoms with Gasteiger partial charge in [-0.2, -0.15) is 13.2 Å². The fourth-order valence-electron chi connectivity index (χ4n) is 2.99. The molecule has 2 heterocycles. The number of alkyl halides is 3. The highest BCUT2D eigenvalue weighted by Crippen LogP contribution is 2.38. The molecule has 154 valence electrons. The van der Waals surface area contributed by atoms with Crippen molar-refractivity contribution in [2.75, 3.05) is 16.8 Å². The Kier molecular flexibility index (Phi) is 6.02. The third-order valence-corrected chi connectivity index (χ3v) is 5.09. The Labute approximate surface area is 170 Å². The van der Waals surface area contributed by atoms with Crippen molar-refractivity contribution in [1.29, 1.82) is 0 Å². The standard InChI is InChI=1S/C19H19F3N4O2S/c1-3-23-16-10-13(8-9-24-16)11-25-12(2)17(27)26(18(25)28)14-4-6-15(7-5-14)29-19(20,21)22/h4-10,12H,3,11H2,1-2H3,(H,23,24). The first-order valence-corrected chi connectivity index (χ1v) is 9.70. The van der Waals surface area contributed by atoms with Crippen molar-refractivity contribution in [3.63, 3.8) is 0 Å². The lowest BCUT2D eigenvalue weighted by Crippen LogP contribution is -2.33. The maximum absolute atomic E-state index is 12.9. The number of urea groups is 1. The zero-order chi connectivity index (χ0) is 21.2. The summed E-state index contributed by atoms with van der Waals surface area (Å²) in [6.07, 6.45) is 1.62. The van der Waals surface area contributed by atoms with Crippen molar-refractivity contribution < 1.29 is 22.8 Å². The molecule has 1 fully saturated rings. The van der Waals surface area contributed by atoms with Crippen LogP contribution in [-0.2, 0) is 11.3 Å². The molecule has 1 saturated heterocycles. The number of aromatic nitrogens is 1. The molecule has 1 aromatic heterocycles. The number of anilines is 2. The van der Waals surface area contributed by atoms with E-state index in [1.165, 1.54) is 29.2 Å². The number of imide groups is 1. The lowest BCUT2D eigenvalue weighted by atomic mass is 10.2. The number of hydrogen-bond donors (Lipinski definition) is 1. The van der Waals surface area contributed by atoms with Gasteiger partial charge in [0.2, 0.25) is 0 Å². The molecule has 10 heteroatoms. The summed E-state index contributed by atoms with van der Waals surface area (Å²) in [5.74, 6) is 0.248. The highest BCUT2D eigenvalue weighted by atomic mass is 32.2. The second-order valence-electron chi connectivity index (χ2n) is 6.38. The van der Waals surface area contributed by atoms with Crippen molar-refractivity contribution in [2.24, 2.45) is 0 Å². The number of pyridine rings is 1. The molecule has 1 aromatic carbocycles. The number of halogens is 3. The first-order valence-electron chi connectivity index (χ1n) is 8.89. The summed E-state index contributed by atoms with van der Waals surface area (Å²) in [4.78, 5) is 32.1. The Morgan fingerprint density at radius 1 is 1.17 bits per heavy atom. The summed E-state index contributed by atoms with van der Waals surface area (Å²) >= 11 is -0.249. The maximum Gasteiger partial charge on any atom is 0.446 e. The van der Waals surface area contributed by atoms with Gasteiger partial charge in [0.1, 0.15) is 11.9 Å². The fourth-order valence-corrected chi connectivity index (χ4v) is 3.53. The number of nitrogens with one attached hydrogen (secondary N) is 1. The predicted octanol–water partition coefficient (Wildman–Crippen LogP) is 4.48. The quantitative estimate of drug-likeness (QED) is 0.547. The summed E-state index contributed by atoms with van der Waals surface area (Å²) in [6.45, 7) is 4.48. The number of carbonyl (C=O) groups is 2. The van der Waals surface area contributed by atoms with E-state index in [4.69, 9.17) is 0 Å². The van der Waals surface area contributed by atoms with Crippen LogP contribution in [-0.4, -0.2) is 39.9 Å². The van der Waals surface area contributed by atoms with Crippen molar-refractivity contribution in [1.82, 2.24) is 9.88 Å². The number of benzene rings is 1. The third-order valence-electron chi connectivity index (χ3n) is 4.35. The van der Waals surface area contributed by atoms with Crippen LogP contribution in [0.2, 0.25) is 0 Å². The van der Waals surface area contributed by atoms with E-state index < -0.39 is 23.5 Å². The molecule has 2 aromatic rings. The summed E-state index contributed by atoms with van der Waals surface area (Å²) in [6, 6.07) is 7.53. The average molecular weight is 424 g/mol. The summed E-state index contributed by atoms with van der Waals surface area (Å²) in [5, 5.41) is 3.09. The molecule has 1 N–H and O–H groups in total. The normalized spacial score (nSPS) is 17.2. The van der Waals surface area contributed by atoms with Gasteiger partial charge in [0, 0.05) is 24.2 Å². The van der Waals surface area contributed by atoms with E-state index in [-0.39, 0.29) is 28.9 Å². The first kappa shape index (κ1) is 21.0. The summed E-state index contributed by atoms with van der Waals surface area (Å²) < 4.78 is 37.4. The van der Waals surface area contributed by atoms with Crippen molar-refractivity contribution in [3.8, 4) is 0 Å². The van der Waals surface area contributed by atoms with Crippen LogP contribution in [0.4, 0.5) is 29.5 Å². The lowest BCUT2D eigenvalue weighted by molar-refractivity contribution is -0.119. The Morgan fingerprint density at radius 2 is 1.86 bits per heavy atom. The molecule has 0 spiro atoms. The third kappa shape index (κ3) is 4.81. The van der Waals surface area contributed by atoms with Gasteiger partial charge in [-0.3, -0.25) is 4.79 Å². The number of nitrogens with zero attached hydrogens (tertiary/aromatic N) is 3. The van der Waals surface area contributed by atoms with Crippen LogP contribution >= 0.6 is 11.8 Å². The van der Waals surface area contributed by atoms with Gasteiger partial charge in [-0.25, -0.2) is 14.7 Å². The van der Waals surface area contributed by atoms with E-state index in [0.717, 1.165) is 10.5 Å². The van der Waals surface area contributed by atoms with Crippen LogP contribution in [0.25, 0.3) is 0 Å². The monoisotopic (exact) mass is 424 g/mol. The minimum Gasteiger partial charge on any atom is -0.370 e. The SMILES string of the molecule is CCNc1cc(CN2C(=O)N(c3ccc(SC(F)(F)F)cc3)C(=O)C2C)ccn1. The van der Waals surface area contributed by atoms with Gasteiger partial charge in [0.05, 0.1) is 5.69 Å². The van der Waals surface area contributed by atoms with E-state index in [0.29, 0.717) is 12.4 Å². The molecule has 6 nitrogen and oxygen atoms in total. The van der Waals surface area contributed by atoms with Crippen molar-refractivity contribution in [2.45, 2.75) is 36.8 Å². The number of amides is 3. The Hall–Kier alpha value is -2.75. The molecule has 0 radical (unpaired) electrons. The smallest absolute Gasteiger partial charge is 0.370 e. The van der Waals surface area contributed by atoms with E-state index in [1.807, 2.05) is 6.92 Å². The van der Waals surface area contributed by atoms with E-state index >= 15 is 0 Å². The lowest BCUT2D eigenvalue weighted by Gasteiger charge is -2.20. The molecular formula is C19H19F3N4O2S. The molecule has 1 aliphatic heterocycles. The zero-order valence-electron chi connectivity index (χ0n) is 15.7. The zero-order valence-corrected chi connectivity index (χ0v) is 16.5. The molecule has 1 aliphatic rings. The molecule has 1 atom stereocenters. The van der Waals surface area contributed by atoms with Gasteiger partial charge >= 0.3 is 11.5 Å². The number of rotatable bonds is 6. The van der Waals surface area contributed by atoms with Crippen molar-refractivity contribution in [3.05, 3.63) is 48.2 Å². The second kappa shape index (κ2) is 8.32. The van der Waals surface area contributed by atoms with E-state index in [9.17, 15) is 22.8 Å². The van der Waals surface area contributed by atoms with Crippen LogP contribution in [0.5, 0.6) is 0 Å². The Balaban J connectivity index is 1.78. The molecule has 0 saturated carbocycles. The second-order valence-corrected chi connectivity index (χ2v) is 7.52. The topological polar surface area (TPSA) is 65.5 Å².